The van der Waals surface area contributed by atoms with Crippen LogP contribution in [0.25, 0.3) is 0 Å². The lowest BCUT2D eigenvalue weighted by atomic mass is 10.4. The molecule has 3 N–H and O–H groups in total. The molecule has 0 radical (unpaired) electrons. The fourth-order valence-corrected chi connectivity index (χ4v) is 0.761. The van der Waals surface area contributed by atoms with E-state index in [4.69, 9.17) is 5.84 Å². The van der Waals surface area contributed by atoms with Gasteiger partial charge in [0.2, 0.25) is 5.91 Å². The predicted octanol–water partition coefficient (Wildman–Crippen LogP) is -1.05. The number of hydrogen-bond donors (Lipinski definition) is 2. The number of amides is 1. The highest BCUT2D eigenvalue weighted by Gasteiger charge is 2.04. The minimum absolute atomic E-state index is 0.222. The molecule has 0 saturated carbocycles. The van der Waals surface area contributed by atoms with Gasteiger partial charge in [0.25, 0.3) is 0 Å². The van der Waals surface area contributed by atoms with E-state index in [1.54, 1.807) is 17.0 Å². The second-order valence-electron chi connectivity index (χ2n) is 2.20. The number of aromatic nitrogens is 2. The molecule has 0 saturated heterocycles. The van der Waals surface area contributed by atoms with Crippen LogP contribution in [-0.4, -0.2) is 15.5 Å². The molecular formula is C6H10N4O. The van der Waals surface area contributed by atoms with Crippen molar-refractivity contribution in [3.05, 3.63) is 18.2 Å². The first-order valence-corrected chi connectivity index (χ1v) is 3.19. The summed E-state index contributed by atoms with van der Waals surface area (Å²) in [6.45, 7) is 0. The molecule has 0 unspecified atom stereocenters. The third-order valence-corrected chi connectivity index (χ3v) is 1.40. The highest BCUT2D eigenvalue weighted by Crippen LogP contribution is 1.93. The van der Waals surface area contributed by atoms with Crippen molar-refractivity contribution in [2.75, 3.05) is 0 Å². The second kappa shape index (κ2) is 3.16. The molecule has 1 aromatic heterocycles. The summed E-state index contributed by atoms with van der Waals surface area (Å²) in [4.78, 5) is 14.7. The molecule has 0 spiro atoms. The lowest BCUT2D eigenvalue weighted by molar-refractivity contribution is -0.120. The second-order valence-corrected chi connectivity index (χ2v) is 2.20. The van der Waals surface area contributed by atoms with Gasteiger partial charge < -0.3 is 4.57 Å². The molecule has 1 heterocycles. The van der Waals surface area contributed by atoms with E-state index in [0.717, 1.165) is 0 Å². The molecule has 1 aromatic rings. The Kier molecular flexibility index (Phi) is 2.22. The Hall–Kier alpha value is -1.36. The van der Waals surface area contributed by atoms with E-state index < -0.39 is 0 Å². The Labute approximate surface area is 64.2 Å². The number of carbonyl (C=O) groups is 1. The molecule has 5 nitrogen and oxygen atoms in total. The van der Waals surface area contributed by atoms with Gasteiger partial charge in [-0.3, -0.25) is 10.2 Å². The first-order valence-electron chi connectivity index (χ1n) is 3.19. The molecule has 0 aliphatic heterocycles. The minimum atomic E-state index is -0.237. The maximum atomic E-state index is 10.7. The number of nitrogens with zero attached hydrogens (tertiary/aromatic N) is 2. The van der Waals surface area contributed by atoms with Gasteiger partial charge in [-0.1, -0.05) is 0 Å². The van der Waals surface area contributed by atoms with Crippen molar-refractivity contribution in [2.24, 2.45) is 12.9 Å². The number of rotatable bonds is 2. The minimum Gasteiger partial charge on any atom is -0.338 e. The van der Waals surface area contributed by atoms with Gasteiger partial charge in [-0.25, -0.2) is 10.8 Å². The van der Waals surface area contributed by atoms with Gasteiger partial charge in [0.15, 0.2) is 0 Å². The topological polar surface area (TPSA) is 72.9 Å². The molecule has 5 heteroatoms. The largest absolute Gasteiger partial charge is 0.338 e. The van der Waals surface area contributed by atoms with Crippen LogP contribution in [0.5, 0.6) is 0 Å². The van der Waals surface area contributed by atoms with E-state index in [1.165, 1.54) is 0 Å². The molecule has 0 atom stereocenters. The van der Waals surface area contributed by atoms with Crippen molar-refractivity contribution in [1.82, 2.24) is 15.0 Å². The molecule has 0 aromatic carbocycles. The Balaban J connectivity index is 2.64. The van der Waals surface area contributed by atoms with Crippen LogP contribution in [0.3, 0.4) is 0 Å². The zero-order valence-electron chi connectivity index (χ0n) is 6.24. The van der Waals surface area contributed by atoms with Crippen LogP contribution in [0.1, 0.15) is 5.82 Å². The van der Waals surface area contributed by atoms with Crippen molar-refractivity contribution in [3.8, 4) is 0 Å². The average molecular weight is 154 g/mol. The number of aryl methyl sites for hydroxylation is 1. The normalized spacial score (nSPS) is 9.64. The lowest BCUT2D eigenvalue weighted by Gasteiger charge is -1.98. The van der Waals surface area contributed by atoms with Crippen molar-refractivity contribution in [1.29, 1.82) is 0 Å². The maximum Gasteiger partial charge on any atom is 0.241 e. The van der Waals surface area contributed by atoms with E-state index in [2.05, 4.69) is 4.98 Å². The molecule has 1 amide bonds. The first-order chi connectivity index (χ1) is 5.24. The van der Waals surface area contributed by atoms with Gasteiger partial charge >= 0.3 is 0 Å². The zero-order chi connectivity index (χ0) is 8.27. The van der Waals surface area contributed by atoms with Crippen LogP contribution in [0, 0.1) is 0 Å². The maximum absolute atomic E-state index is 10.7. The average Bonchev–Trinajstić information content (AvgIpc) is 2.37. The molecule has 0 aliphatic carbocycles. The van der Waals surface area contributed by atoms with Crippen LogP contribution in [0.4, 0.5) is 0 Å². The van der Waals surface area contributed by atoms with E-state index in [-0.39, 0.29) is 12.3 Å². The summed E-state index contributed by atoms with van der Waals surface area (Å²) in [5.74, 6) is 5.37. The Morgan fingerprint density at radius 1 is 1.91 bits per heavy atom. The van der Waals surface area contributed by atoms with E-state index in [9.17, 15) is 4.79 Å². The zero-order valence-corrected chi connectivity index (χ0v) is 6.24. The van der Waals surface area contributed by atoms with Gasteiger partial charge in [-0.2, -0.15) is 0 Å². The van der Waals surface area contributed by atoms with Crippen molar-refractivity contribution < 1.29 is 4.79 Å². The Morgan fingerprint density at radius 3 is 3.09 bits per heavy atom. The van der Waals surface area contributed by atoms with Crippen LogP contribution in [0.2, 0.25) is 0 Å². The summed E-state index contributed by atoms with van der Waals surface area (Å²) in [7, 11) is 1.83. The van der Waals surface area contributed by atoms with Crippen molar-refractivity contribution in [3.63, 3.8) is 0 Å². The van der Waals surface area contributed by atoms with E-state index >= 15 is 0 Å². The predicted molar refractivity (Wildman–Crippen MR) is 39.2 cm³/mol. The molecular weight excluding hydrogens is 144 g/mol. The summed E-state index contributed by atoms with van der Waals surface area (Å²) < 4.78 is 1.77. The van der Waals surface area contributed by atoms with E-state index in [1.807, 2.05) is 12.5 Å². The summed E-state index contributed by atoms with van der Waals surface area (Å²) in [5.41, 5.74) is 2.04. The van der Waals surface area contributed by atoms with E-state index in [0.29, 0.717) is 5.82 Å². The first kappa shape index (κ1) is 7.74. The van der Waals surface area contributed by atoms with Crippen LogP contribution < -0.4 is 11.3 Å². The monoisotopic (exact) mass is 154 g/mol. The van der Waals surface area contributed by atoms with Crippen LogP contribution in [-0.2, 0) is 18.3 Å². The summed E-state index contributed by atoms with van der Waals surface area (Å²) >= 11 is 0. The number of hydrogen-bond acceptors (Lipinski definition) is 3. The Bertz CT molecular complexity index is 255. The highest BCUT2D eigenvalue weighted by molar-refractivity contribution is 5.77. The molecule has 11 heavy (non-hydrogen) atoms. The van der Waals surface area contributed by atoms with Gasteiger partial charge in [-0.05, 0) is 0 Å². The summed E-state index contributed by atoms with van der Waals surface area (Å²) in [5, 5.41) is 0. The molecule has 0 fully saturated rings. The van der Waals surface area contributed by atoms with Crippen molar-refractivity contribution >= 4 is 5.91 Å². The van der Waals surface area contributed by atoms with Gasteiger partial charge in [0.05, 0.1) is 6.42 Å². The van der Waals surface area contributed by atoms with Gasteiger partial charge in [0.1, 0.15) is 5.82 Å². The molecule has 60 valence electrons. The fraction of sp³-hybridized carbons (Fsp3) is 0.333. The Morgan fingerprint density at radius 2 is 2.64 bits per heavy atom. The number of imidazole rings is 1. The SMILES string of the molecule is Cn1ccnc1CC(=O)NN. The number of hydrazine groups is 1. The molecule has 1 rings (SSSR count). The third-order valence-electron chi connectivity index (χ3n) is 1.40. The van der Waals surface area contributed by atoms with Crippen LogP contribution in [0.15, 0.2) is 12.4 Å². The fourth-order valence-electron chi connectivity index (χ4n) is 0.761. The van der Waals surface area contributed by atoms with Crippen molar-refractivity contribution in [2.45, 2.75) is 6.42 Å². The lowest BCUT2D eigenvalue weighted by Crippen LogP contribution is -2.32. The molecule has 0 aliphatic rings. The summed E-state index contributed by atoms with van der Waals surface area (Å²) in [6, 6.07) is 0. The van der Waals surface area contributed by atoms with Gasteiger partial charge in [0, 0.05) is 19.4 Å². The van der Waals surface area contributed by atoms with Gasteiger partial charge in [-0.15, -0.1) is 0 Å². The van der Waals surface area contributed by atoms with Crippen LogP contribution >= 0.6 is 0 Å². The smallest absolute Gasteiger partial charge is 0.241 e. The summed E-state index contributed by atoms with van der Waals surface area (Å²) in [6.07, 6.45) is 3.64. The third kappa shape index (κ3) is 1.78. The number of nitrogens with one attached hydrogen (secondary N) is 1. The number of nitrogens with two attached hydrogens (primary N) is 1. The highest BCUT2D eigenvalue weighted by atomic mass is 16.2. The quantitative estimate of drug-likeness (QED) is 0.324. The number of carbonyl (C=O) groups excluding carboxylic acids is 1. The molecule has 0 bridgehead atoms. The standard InChI is InChI=1S/C6H10N4O/c1-10-3-2-8-5(10)4-6(11)9-7/h2-3H,4,7H2,1H3,(H,9,11).